The molecule has 0 aliphatic heterocycles. The minimum atomic E-state index is -0.963. The third-order valence-electron chi connectivity index (χ3n) is 2.72. The molecular weight excluding hydrogens is 286 g/mol. The number of nitro groups is 1. The van der Waals surface area contributed by atoms with Gasteiger partial charge >= 0.3 is 0 Å². The van der Waals surface area contributed by atoms with Crippen LogP contribution < -0.4 is 5.32 Å². The lowest BCUT2D eigenvalue weighted by Crippen LogP contribution is -2.19. The van der Waals surface area contributed by atoms with Crippen LogP contribution in [0.1, 0.15) is 11.8 Å². The normalized spacial score (nSPS) is 12.2. The monoisotopic (exact) mass is 298 g/mol. The van der Waals surface area contributed by atoms with E-state index in [0.29, 0.717) is 18.6 Å². The molecule has 7 heteroatoms. The first kappa shape index (κ1) is 14.4. The maximum Gasteiger partial charge on any atom is 0.275 e. The highest BCUT2D eigenvalue weighted by molar-refractivity contribution is 7.09. The molecule has 1 heterocycles. The summed E-state index contributed by atoms with van der Waals surface area (Å²) >= 11 is 1.56. The number of nitrogens with one attached hydrogen (secondary N) is 1. The van der Waals surface area contributed by atoms with Gasteiger partial charge in [-0.1, -0.05) is 6.07 Å². The number of benzene rings is 1. The van der Waals surface area contributed by atoms with E-state index in [9.17, 15) is 18.9 Å². The number of nitrogens with zero attached hydrogens (tertiary/aromatic N) is 1. The van der Waals surface area contributed by atoms with Crippen molar-refractivity contribution >= 4 is 22.7 Å². The van der Waals surface area contributed by atoms with E-state index < -0.39 is 22.2 Å². The van der Waals surface area contributed by atoms with Crippen molar-refractivity contribution in [2.75, 3.05) is 5.32 Å². The first-order valence-electron chi connectivity index (χ1n) is 5.89. The van der Waals surface area contributed by atoms with E-state index in [2.05, 4.69) is 5.32 Å². The highest BCUT2D eigenvalue weighted by Crippen LogP contribution is 2.26. The van der Waals surface area contributed by atoms with Gasteiger partial charge in [0.05, 0.1) is 17.1 Å². The first-order chi connectivity index (χ1) is 9.47. The van der Waals surface area contributed by atoms with Gasteiger partial charge in [-0.2, -0.15) is 0 Å². The molecule has 1 aromatic heterocycles. The topological polar surface area (TPSA) is 55.2 Å². The third-order valence-corrected chi connectivity index (χ3v) is 3.61. The highest BCUT2D eigenvalue weighted by atomic mass is 32.1. The van der Waals surface area contributed by atoms with Crippen LogP contribution in [0.4, 0.5) is 20.2 Å². The van der Waals surface area contributed by atoms with Crippen LogP contribution in [0, 0.1) is 21.7 Å². The molecule has 1 atom stereocenters. The summed E-state index contributed by atoms with van der Waals surface area (Å²) in [7, 11) is 0. The summed E-state index contributed by atoms with van der Waals surface area (Å²) in [6.07, 6.45) is 0.619. The number of hydrogen-bond acceptors (Lipinski definition) is 4. The molecule has 4 nitrogen and oxygen atoms in total. The molecule has 0 saturated carbocycles. The van der Waals surface area contributed by atoms with Crippen molar-refractivity contribution in [2.24, 2.45) is 0 Å². The van der Waals surface area contributed by atoms with E-state index in [0.717, 1.165) is 4.88 Å². The van der Waals surface area contributed by atoms with Crippen LogP contribution in [-0.4, -0.2) is 11.0 Å². The molecular formula is C13H12F2N2O2S. The highest BCUT2D eigenvalue weighted by Gasteiger charge is 2.18. The SMILES string of the molecule is CC(Cc1cccs1)Nc1c(F)cc([N+](=O)[O-])cc1F. The quantitative estimate of drug-likeness (QED) is 0.671. The number of halogens is 2. The Morgan fingerprint density at radius 2 is 2.05 bits per heavy atom. The smallest absolute Gasteiger partial charge is 0.275 e. The minimum absolute atomic E-state index is 0.195. The lowest BCUT2D eigenvalue weighted by molar-refractivity contribution is -0.385. The second-order valence-electron chi connectivity index (χ2n) is 4.37. The van der Waals surface area contributed by atoms with Crippen LogP contribution in [0.25, 0.3) is 0 Å². The largest absolute Gasteiger partial charge is 0.377 e. The molecule has 0 bridgehead atoms. The van der Waals surface area contributed by atoms with E-state index in [1.165, 1.54) is 0 Å². The molecule has 2 rings (SSSR count). The number of hydrogen-bond donors (Lipinski definition) is 1. The van der Waals surface area contributed by atoms with Crippen molar-refractivity contribution < 1.29 is 13.7 Å². The van der Waals surface area contributed by atoms with E-state index in [-0.39, 0.29) is 11.7 Å². The molecule has 1 unspecified atom stereocenters. The van der Waals surface area contributed by atoms with Gasteiger partial charge < -0.3 is 5.32 Å². The van der Waals surface area contributed by atoms with Gasteiger partial charge in [0.25, 0.3) is 5.69 Å². The van der Waals surface area contributed by atoms with Crippen LogP contribution in [0.3, 0.4) is 0 Å². The zero-order chi connectivity index (χ0) is 14.7. The Bertz CT molecular complexity index is 594. The fraction of sp³-hybridized carbons (Fsp3) is 0.231. The molecule has 0 radical (unpaired) electrons. The van der Waals surface area contributed by atoms with Crippen molar-refractivity contribution in [1.29, 1.82) is 0 Å². The Labute approximate surface area is 118 Å². The average Bonchev–Trinajstić information content (AvgIpc) is 2.86. The summed E-state index contributed by atoms with van der Waals surface area (Å²) < 4.78 is 27.4. The van der Waals surface area contributed by atoms with Gasteiger partial charge in [-0.15, -0.1) is 11.3 Å². The molecule has 1 N–H and O–H groups in total. The van der Waals surface area contributed by atoms with Crippen LogP contribution in [-0.2, 0) is 6.42 Å². The summed E-state index contributed by atoms with van der Waals surface area (Å²) in [6, 6.07) is 5.07. The molecule has 0 fully saturated rings. The predicted octanol–water partition coefficient (Wildman–Crippen LogP) is 3.98. The molecule has 1 aromatic carbocycles. The maximum absolute atomic E-state index is 13.7. The summed E-state index contributed by atoms with van der Waals surface area (Å²) in [6.45, 7) is 1.79. The average molecular weight is 298 g/mol. The first-order valence-corrected chi connectivity index (χ1v) is 6.77. The Morgan fingerprint density at radius 3 is 2.55 bits per heavy atom. The summed E-state index contributed by atoms with van der Waals surface area (Å²) in [5.41, 5.74) is -0.934. The summed E-state index contributed by atoms with van der Waals surface area (Å²) in [5, 5.41) is 15.1. The predicted molar refractivity (Wildman–Crippen MR) is 74.1 cm³/mol. The number of thiophene rings is 1. The fourth-order valence-corrected chi connectivity index (χ4v) is 2.67. The van der Waals surface area contributed by atoms with Crippen LogP contribution in [0.15, 0.2) is 29.6 Å². The van der Waals surface area contributed by atoms with Crippen molar-refractivity contribution in [3.05, 3.63) is 56.3 Å². The molecule has 0 aliphatic rings. The number of anilines is 1. The maximum atomic E-state index is 13.7. The summed E-state index contributed by atoms with van der Waals surface area (Å²) in [4.78, 5) is 10.8. The molecule has 106 valence electrons. The van der Waals surface area contributed by atoms with E-state index in [4.69, 9.17) is 0 Å². The van der Waals surface area contributed by atoms with Crippen molar-refractivity contribution in [2.45, 2.75) is 19.4 Å². The van der Waals surface area contributed by atoms with E-state index >= 15 is 0 Å². The lowest BCUT2D eigenvalue weighted by atomic mass is 10.2. The second-order valence-corrected chi connectivity index (χ2v) is 5.40. The van der Waals surface area contributed by atoms with Gasteiger partial charge in [-0.3, -0.25) is 10.1 Å². The molecule has 2 aromatic rings. The van der Waals surface area contributed by atoms with Gasteiger partial charge in [-0.05, 0) is 18.4 Å². The van der Waals surface area contributed by atoms with E-state index in [1.54, 1.807) is 18.3 Å². The molecule has 0 saturated heterocycles. The molecule has 20 heavy (non-hydrogen) atoms. The summed E-state index contributed by atoms with van der Waals surface area (Å²) in [5.74, 6) is -1.93. The molecule has 0 spiro atoms. The van der Waals surface area contributed by atoms with Crippen molar-refractivity contribution in [3.63, 3.8) is 0 Å². The van der Waals surface area contributed by atoms with Gasteiger partial charge in [0.15, 0.2) is 11.6 Å². The Kier molecular flexibility index (Phi) is 4.29. The number of non-ortho nitro benzene ring substituents is 1. The third kappa shape index (κ3) is 3.30. The number of nitro benzene ring substituents is 1. The second kappa shape index (κ2) is 5.96. The Hall–Kier alpha value is -2.02. The molecule has 0 aliphatic carbocycles. The van der Waals surface area contributed by atoms with Crippen molar-refractivity contribution in [3.8, 4) is 0 Å². The van der Waals surface area contributed by atoms with Gasteiger partial charge in [0.1, 0.15) is 5.69 Å². The van der Waals surface area contributed by atoms with Crippen LogP contribution in [0.2, 0.25) is 0 Å². The van der Waals surface area contributed by atoms with Crippen LogP contribution >= 0.6 is 11.3 Å². The zero-order valence-electron chi connectivity index (χ0n) is 10.6. The standard InChI is InChI=1S/C13H12F2N2O2S/c1-8(5-10-3-2-4-20-10)16-13-11(14)6-9(17(18)19)7-12(13)15/h2-4,6-8,16H,5H2,1H3. The number of rotatable bonds is 5. The lowest BCUT2D eigenvalue weighted by Gasteiger charge is -2.15. The Balaban J connectivity index is 2.14. The minimum Gasteiger partial charge on any atom is -0.377 e. The fourth-order valence-electron chi connectivity index (χ4n) is 1.83. The zero-order valence-corrected chi connectivity index (χ0v) is 11.4. The van der Waals surface area contributed by atoms with Crippen LogP contribution in [0.5, 0.6) is 0 Å². The van der Waals surface area contributed by atoms with Gasteiger partial charge in [0, 0.05) is 17.3 Å². The van der Waals surface area contributed by atoms with Gasteiger partial charge in [-0.25, -0.2) is 8.78 Å². The Morgan fingerprint density at radius 1 is 1.40 bits per heavy atom. The van der Waals surface area contributed by atoms with Gasteiger partial charge in [0.2, 0.25) is 0 Å². The molecule has 0 amide bonds. The van der Waals surface area contributed by atoms with Crippen molar-refractivity contribution in [1.82, 2.24) is 0 Å². The van der Waals surface area contributed by atoms with E-state index in [1.807, 2.05) is 17.5 Å².